The zero-order chi connectivity index (χ0) is 11.7. The summed E-state index contributed by atoms with van der Waals surface area (Å²) in [6, 6.07) is 0.182. The Bertz CT molecular complexity index is 304. The molecule has 3 unspecified atom stereocenters. The van der Waals surface area contributed by atoms with E-state index in [9.17, 15) is 9.59 Å². The molecule has 3 atom stereocenters. The van der Waals surface area contributed by atoms with Crippen molar-refractivity contribution in [3.63, 3.8) is 0 Å². The number of ether oxygens (including phenoxy) is 1. The van der Waals surface area contributed by atoms with Gasteiger partial charge in [0.1, 0.15) is 0 Å². The average molecular weight is 227 g/mol. The van der Waals surface area contributed by atoms with Crippen molar-refractivity contribution in [2.45, 2.75) is 25.8 Å². The number of amides is 1. The van der Waals surface area contributed by atoms with Gasteiger partial charge in [-0.15, -0.1) is 0 Å². The normalized spacial score (nSPS) is 34.3. The molecule has 0 aromatic rings. The van der Waals surface area contributed by atoms with E-state index in [1.807, 2.05) is 0 Å². The van der Waals surface area contributed by atoms with Crippen LogP contribution in [0.5, 0.6) is 0 Å². The number of rotatable bonds is 1. The fraction of sp³-hybridized carbons (Fsp3) is 0.818. The van der Waals surface area contributed by atoms with Gasteiger partial charge in [0, 0.05) is 32.0 Å². The molecule has 2 aliphatic rings. The number of fused-ring (bicyclic) bond motifs is 1. The molecular formula is C11H17NO4. The van der Waals surface area contributed by atoms with Crippen LogP contribution in [0, 0.1) is 11.8 Å². The van der Waals surface area contributed by atoms with Gasteiger partial charge in [0.05, 0.1) is 12.5 Å². The van der Waals surface area contributed by atoms with E-state index in [4.69, 9.17) is 9.84 Å². The lowest BCUT2D eigenvalue weighted by atomic mass is 9.81. The zero-order valence-electron chi connectivity index (χ0n) is 9.39. The van der Waals surface area contributed by atoms with Crippen LogP contribution in [0.25, 0.3) is 0 Å². The molecule has 1 N–H and O–H groups in total. The van der Waals surface area contributed by atoms with Crippen molar-refractivity contribution in [2.24, 2.45) is 11.8 Å². The lowest BCUT2D eigenvalue weighted by Gasteiger charge is -2.45. The first-order valence-electron chi connectivity index (χ1n) is 5.67. The quantitative estimate of drug-likeness (QED) is 0.701. The predicted octanol–water partition coefficient (Wildman–Crippen LogP) is 0.344. The highest BCUT2D eigenvalue weighted by Gasteiger charge is 2.41. The van der Waals surface area contributed by atoms with Gasteiger partial charge in [0.15, 0.2) is 0 Å². The lowest BCUT2D eigenvalue weighted by molar-refractivity contribution is -0.153. The Morgan fingerprint density at radius 2 is 2.19 bits per heavy atom. The van der Waals surface area contributed by atoms with Gasteiger partial charge in [-0.25, -0.2) is 0 Å². The standard InChI is InChI=1S/C11H17NO4/c1-7(13)12-5-8(11(14)15)4-9-6-16-3-2-10(9)12/h8-10H,2-6H2,1H3,(H,14,15). The van der Waals surface area contributed by atoms with Gasteiger partial charge in [-0.05, 0) is 12.8 Å². The van der Waals surface area contributed by atoms with Crippen LogP contribution in [0.1, 0.15) is 19.8 Å². The molecule has 0 aliphatic carbocycles. The Morgan fingerprint density at radius 1 is 1.44 bits per heavy atom. The van der Waals surface area contributed by atoms with Crippen LogP contribution in [0.4, 0.5) is 0 Å². The topological polar surface area (TPSA) is 66.8 Å². The Balaban J connectivity index is 2.15. The second kappa shape index (κ2) is 4.41. The summed E-state index contributed by atoms with van der Waals surface area (Å²) in [6.45, 7) is 3.11. The molecular weight excluding hydrogens is 210 g/mol. The van der Waals surface area contributed by atoms with Crippen molar-refractivity contribution < 1.29 is 19.4 Å². The van der Waals surface area contributed by atoms with E-state index in [0.29, 0.717) is 26.2 Å². The summed E-state index contributed by atoms with van der Waals surface area (Å²) < 4.78 is 5.36. The van der Waals surface area contributed by atoms with Gasteiger partial charge in [0.25, 0.3) is 0 Å². The van der Waals surface area contributed by atoms with E-state index in [-0.39, 0.29) is 17.9 Å². The molecule has 2 rings (SSSR count). The van der Waals surface area contributed by atoms with Gasteiger partial charge >= 0.3 is 5.97 Å². The molecule has 2 heterocycles. The Kier molecular flexibility index (Phi) is 3.14. The van der Waals surface area contributed by atoms with E-state index in [0.717, 1.165) is 6.42 Å². The molecule has 0 saturated carbocycles. The molecule has 1 amide bonds. The molecule has 2 saturated heterocycles. The van der Waals surface area contributed by atoms with E-state index < -0.39 is 11.9 Å². The van der Waals surface area contributed by atoms with Crippen LogP contribution >= 0.6 is 0 Å². The molecule has 0 aromatic carbocycles. The number of carboxylic acids is 1. The second-order valence-electron chi connectivity index (χ2n) is 4.63. The molecule has 16 heavy (non-hydrogen) atoms. The number of likely N-dealkylation sites (tertiary alicyclic amines) is 1. The SMILES string of the molecule is CC(=O)N1CC(C(=O)O)CC2COCCC21. The number of nitrogens with zero attached hydrogens (tertiary/aromatic N) is 1. The van der Waals surface area contributed by atoms with Gasteiger partial charge in [-0.3, -0.25) is 9.59 Å². The number of carbonyl (C=O) groups is 2. The Hall–Kier alpha value is -1.10. The lowest BCUT2D eigenvalue weighted by Crippen LogP contribution is -2.55. The minimum absolute atomic E-state index is 0.0251. The van der Waals surface area contributed by atoms with Crippen molar-refractivity contribution in [3.05, 3.63) is 0 Å². The maximum absolute atomic E-state index is 11.5. The number of aliphatic carboxylic acids is 1. The van der Waals surface area contributed by atoms with E-state index in [1.165, 1.54) is 6.92 Å². The van der Waals surface area contributed by atoms with Crippen molar-refractivity contribution in [1.29, 1.82) is 0 Å². The Morgan fingerprint density at radius 3 is 2.81 bits per heavy atom. The zero-order valence-corrected chi connectivity index (χ0v) is 9.39. The summed E-state index contributed by atoms with van der Waals surface area (Å²) in [5.74, 6) is -1.09. The first kappa shape index (κ1) is 11.4. The van der Waals surface area contributed by atoms with E-state index in [1.54, 1.807) is 4.90 Å². The Labute approximate surface area is 94.4 Å². The van der Waals surface area contributed by atoms with Crippen molar-refractivity contribution >= 4 is 11.9 Å². The molecule has 0 spiro atoms. The highest BCUT2D eigenvalue weighted by molar-refractivity contribution is 5.76. The second-order valence-corrected chi connectivity index (χ2v) is 4.63. The smallest absolute Gasteiger partial charge is 0.308 e. The minimum Gasteiger partial charge on any atom is -0.481 e. The van der Waals surface area contributed by atoms with Crippen LogP contribution < -0.4 is 0 Å². The van der Waals surface area contributed by atoms with Gasteiger partial charge in [-0.2, -0.15) is 0 Å². The van der Waals surface area contributed by atoms with Crippen LogP contribution in [-0.4, -0.2) is 47.7 Å². The maximum Gasteiger partial charge on any atom is 0.308 e. The van der Waals surface area contributed by atoms with Crippen molar-refractivity contribution in [2.75, 3.05) is 19.8 Å². The first-order chi connectivity index (χ1) is 7.59. The van der Waals surface area contributed by atoms with Gasteiger partial charge < -0.3 is 14.7 Å². The number of carbonyl (C=O) groups excluding carboxylic acids is 1. The summed E-state index contributed by atoms with van der Waals surface area (Å²) >= 11 is 0. The summed E-state index contributed by atoms with van der Waals surface area (Å²) in [5.41, 5.74) is 0. The molecule has 0 aromatic heterocycles. The molecule has 2 fully saturated rings. The van der Waals surface area contributed by atoms with Crippen LogP contribution in [0.3, 0.4) is 0 Å². The third-order valence-corrected chi connectivity index (χ3v) is 3.59. The predicted molar refractivity (Wildman–Crippen MR) is 55.8 cm³/mol. The highest BCUT2D eigenvalue weighted by Crippen LogP contribution is 2.32. The molecule has 0 bridgehead atoms. The van der Waals surface area contributed by atoms with Gasteiger partial charge in [-0.1, -0.05) is 0 Å². The molecule has 0 radical (unpaired) electrons. The van der Waals surface area contributed by atoms with Crippen LogP contribution in [0.15, 0.2) is 0 Å². The molecule has 5 heteroatoms. The monoisotopic (exact) mass is 227 g/mol. The highest BCUT2D eigenvalue weighted by atomic mass is 16.5. The summed E-state index contributed by atoms with van der Waals surface area (Å²) in [4.78, 5) is 24.2. The summed E-state index contributed by atoms with van der Waals surface area (Å²) in [6.07, 6.45) is 1.46. The summed E-state index contributed by atoms with van der Waals surface area (Å²) in [7, 11) is 0. The third-order valence-electron chi connectivity index (χ3n) is 3.59. The fourth-order valence-electron chi connectivity index (χ4n) is 2.77. The van der Waals surface area contributed by atoms with E-state index >= 15 is 0 Å². The van der Waals surface area contributed by atoms with Crippen molar-refractivity contribution in [3.8, 4) is 0 Å². The van der Waals surface area contributed by atoms with Crippen LogP contribution in [0.2, 0.25) is 0 Å². The molecule has 5 nitrogen and oxygen atoms in total. The average Bonchev–Trinajstić information content (AvgIpc) is 2.27. The number of hydrogen-bond donors (Lipinski definition) is 1. The fourth-order valence-corrected chi connectivity index (χ4v) is 2.77. The largest absolute Gasteiger partial charge is 0.481 e. The molecule has 90 valence electrons. The van der Waals surface area contributed by atoms with E-state index in [2.05, 4.69) is 0 Å². The van der Waals surface area contributed by atoms with Crippen LogP contribution in [-0.2, 0) is 14.3 Å². The number of hydrogen-bond acceptors (Lipinski definition) is 3. The number of carboxylic acid groups (broad SMARTS) is 1. The molecule has 2 aliphatic heterocycles. The maximum atomic E-state index is 11.5. The third kappa shape index (κ3) is 2.04. The van der Waals surface area contributed by atoms with Gasteiger partial charge in [0.2, 0.25) is 5.91 Å². The summed E-state index contributed by atoms with van der Waals surface area (Å²) in [5, 5.41) is 9.05. The first-order valence-corrected chi connectivity index (χ1v) is 5.67. The van der Waals surface area contributed by atoms with Crippen molar-refractivity contribution in [1.82, 2.24) is 4.90 Å². The minimum atomic E-state index is -0.810. The number of piperidine rings is 1.